The molecule has 1 aromatic carbocycles. The van der Waals surface area contributed by atoms with Crippen LogP contribution in [0.3, 0.4) is 0 Å². The normalized spacial score (nSPS) is 14.8. The van der Waals surface area contributed by atoms with Crippen molar-refractivity contribution >= 4 is 23.5 Å². The van der Waals surface area contributed by atoms with E-state index in [1.54, 1.807) is 18.7 Å². The molecule has 128 valence electrons. The second-order valence-electron chi connectivity index (χ2n) is 5.85. The number of ketones is 1. The van der Waals surface area contributed by atoms with Crippen molar-refractivity contribution in [3.63, 3.8) is 0 Å². The first-order valence-electron chi connectivity index (χ1n) is 8.12. The predicted octanol–water partition coefficient (Wildman–Crippen LogP) is 2.48. The van der Waals surface area contributed by atoms with Gasteiger partial charge in [0.25, 0.3) is 0 Å². The number of rotatable bonds is 6. The molecule has 0 unspecified atom stereocenters. The Morgan fingerprint density at radius 1 is 1.21 bits per heavy atom. The molecule has 1 fully saturated rings. The molecule has 0 atom stereocenters. The lowest BCUT2D eigenvalue weighted by molar-refractivity contribution is -0.116. The standard InChI is InChI=1S/C17H22N4O2S/c1-13-3-5-15(6-4-13)21-16(20-8-10-23-11-9-20)18-19-17(21)24-12-7-14(2)22/h3-6H,7-12H2,1-2H3. The van der Waals surface area contributed by atoms with Crippen LogP contribution in [-0.2, 0) is 9.53 Å². The number of aromatic nitrogens is 3. The molecule has 0 amide bonds. The topological polar surface area (TPSA) is 60.3 Å². The number of carbonyl (C=O) groups excluding carboxylic acids is 1. The van der Waals surface area contributed by atoms with Gasteiger partial charge in [-0.05, 0) is 26.0 Å². The number of morpholine rings is 1. The van der Waals surface area contributed by atoms with Crippen LogP contribution in [0.2, 0.25) is 0 Å². The van der Waals surface area contributed by atoms with Gasteiger partial charge in [-0.15, -0.1) is 10.2 Å². The molecule has 0 spiro atoms. The Labute approximate surface area is 146 Å². The summed E-state index contributed by atoms with van der Waals surface area (Å²) in [4.78, 5) is 13.4. The summed E-state index contributed by atoms with van der Waals surface area (Å²) >= 11 is 1.57. The zero-order chi connectivity index (χ0) is 16.9. The molecule has 1 aliphatic heterocycles. The maximum atomic E-state index is 11.2. The van der Waals surface area contributed by atoms with Crippen molar-refractivity contribution in [1.82, 2.24) is 14.8 Å². The van der Waals surface area contributed by atoms with Gasteiger partial charge < -0.3 is 9.64 Å². The van der Waals surface area contributed by atoms with Crippen molar-refractivity contribution in [2.45, 2.75) is 25.4 Å². The number of nitrogens with zero attached hydrogens (tertiary/aromatic N) is 4. The average Bonchev–Trinajstić information content (AvgIpc) is 3.00. The molecule has 6 nitrogen and oxygen atoms in total. The minimum atomic E-state index is 0.192. The molecule has 1 aliphatic rings. The lowest BCUT2D eigenvalue weighted by Gasteiger charge is -2.28. The summed E-state index contributed by atoms with van der Waals surface area (Å²) in [7, 11) is 0. The molecular weight excluding hydrogens is 324 g/mol. The van der Waals surface area contributed by atoms with Gasteiger partial charge in [0.2, 0.25) is 5.95 Å². The van der Waals surface area contributed by atoms with Crippen LogP contribution in [0.15, 0.2) is 29.4 Å². The van der Waals surface area contributed by atoms with Crippen LogP contribution in [0.4, 0.5) is 5.95 Å². The first kappa shape index (κ1) is 17.0. The molecule has 7 heteroatoms. The highest BCUT2D eigenvalue weighted by Crippen LogP contribution is 2.27. The molecule has 3 rings (SSSR count). The van der Waals surface area contributed by atoms with E-state index < -0.39 is 0 Å². The molecule has 0 aliphatic carbocycles. The number of benzene rings is 1. The first-order chi connectivity index (χ1) is 11.6. The van der Waals surface area contributed by atoms with E-state index in [4.69, 9.17) is 4.74 Å². The number of Topliss-reactive ketones (excluding diaryl/α,β-unsaturated/α-hetero) is 1. The predicted molar refractivity (Wildman–Crippen MR) is 95.2 cm³/mol. The number of aryl methyl sites for hydroxylation is 1. The lowest BCUT2D eigenvalue weighted by atomic mass is 10.2. The molecule has 0 N–H and O–H groups in total. The number of hydrogen-bond acceptors (Lipinski definition) is 6. The van der Waals surface area contributed by atoms with Crippen LogP contribution in [0, 0.1) is 6.92 Å². The van der Waals surface area contributed by atoms with Gasteiger partial charge in [-0.2, -0.15) is 0 Å². The van der Waals surface area contributed by atoms with Crippen molar-refractivity contribution < 1.29 is 9.53 Å². The molecule has 2 heterocycles. The van der Waals surface area contributed by atoms with Crippen LogP contribution in [0.5, 0.6) is 0 Å². The van der Waals surface area contributed by atoms with Gasteiger partial charge in [0.15, 0.2) is 5.16 Å². The van der Waals surface area contributed by atoms with E-state index in [1.165, 1.54) is 5.56 Å². The van der Waals surface area contributed by atoms with Crippen LogP contribution >= 0.6 is 11.8 Å². The summed E-state index contributed by atoms with van der Waals surface area (Å²) in [5.74, 6) is 1.74. The van der Waals surface area contributed by atoms with E-state index in [2.05, 4.69) is 50.9 Å². The third-order valence-electron chi connectivity index (χ3n) is 3.89. The van der Waals surface area contributed by atoms with Crippen LogP contribution < -0.4 is 4.90 Å². The van der Waals surface area contributed by atoms with Gasteiger partial charge in [0, 0.05) is 25.3 Å². The fourth-order valence-electron chi connectivity index (χ4n) is 2.53. The quantitative estimate of drug-likeness (QED) is 0.749. The molecule has 0 radical (unpaired) electrons. The summed E-state index contributed by atoms with van der Waals surface area (Å²) in [5.41, 5.74) is 2.25. The summed E-state index contributed by atoms with van der Waals surface area (Å²) in [6, 6.07) is 8.33. The Bertz CT molecular complexity index is 693. The fraction of sp³-hybridized carbons (Fsp3) is 0.471. The SMILES string of the molecule is CC(=O)CCSc1nnc(N2CCOCC2)n1-c1ccc(C)cc1. The number of carbonyl (C=O) groups is 1. The van der Waals surface area contributed by atoms with Crippen molar-refractivity contribution in [2.24, 2.45) is 0 Å². The van der Waals surface area contributed by atoms with Gasteiger partial charge in [0.1, 0.15) is 5.78 Å². The fourth-order valence-corrected chi connectivity index (χ4v) is 3.52. The second-order valence-corrected chi connectivity index (χ2v) is 6.92. The van der Waals surface area contributed by atoms with Gasteiger partial charge in [-0.1, -0.05) is 29.5 Å². The lowest BCUT2D eigenvalue weighted by Crippen LogP contribution is -2.37. The highest BCUT2D eigenvalue weighted by molar-refractivity contribution is 7.99. The van der Waals surface area contributed by atoms with E-state index in [0.717, 1.165) is 29.9 Å². The highest BCUT2D eigenvalue weighted by atomic mass is 32.2. The smallest absolute Gasteiger partial charge is 0.232 e. The number of ether oxygens (including phenoxy) is 1. The maximum absolute atomic E-state index is 11.2. The van der Waals surface area contributed by atoms with E-state index >= 15 is 0 Å². The average molecular weight is 346 g/mol. The minimum Gasteiger partial charge on any atom is -0.378 e. The summed E-state index contributed by atoms with van der Waals surface area (Å²) in [6.07, 6.45) is 0.540. The molecule has 0 bridgehead atoms. The zero-order valence-corrected chi connectivity index (χ0v) is 14.9. The third kappa shape index (κ3) is 3.96. The maximum Gasteiger partial charge on any atom is 0.232 e. The monoisotopic (exact) mass is 346 g/mol. The van der Waals surface area contributed by atoms with Crippen molar-refractivity contribution in [3.05, 3.63) is 29.8 Å². The Kier molecular flexibility index (Phi) is 5.52. The first-order valence-corrected chi connectivity index (χ1v) is 9.11. The second kappa shape index (κ2) is 7.81. The van der Waals surface area contributed by atoms with Crippen molar-refractivity contribution in [1.29, 1.82) is 0 Å². The van der Waals surface area contributed by atoms with Gasteiger partial charge in [0.05, 0.1) is 18.9 Å². The van der Waals surface area contributed by atoms with E-state index in [9.17, 15) is 4.79 Å². The van der Waals surface area contributed by atoms with Crippen LogP contribution in [-0.4, -0.2) is 52.6 Å². The Hall–Kier alpha value is -1.86. The Balaban J connectivity index is 1.91. The van der Waals surface area contributed by atoms with E-state index in [1.807, 2.05) is 0 Å². The van der Waals surface area contributed by atoms with Gasteiger partial charge >= 0.3 is 0 Å². The largest absolute Gasteiger partial charge is 0.378 e. The summed E-state index contributed by atoms with van der Waals surface area (Å²) in [5, 5.41) is 9.60. The van der Waals surface area contributed by atoms with Gasteiger partial charge in [-0.25, -0.2) is 0 Å². The van der Waals surface area contributed by atoms with Crippen LogP contribution in [0.1, 0.15) is 18.9 Å². The van der Waals surface area contributed by atoms with Crippen LogP contribution in [0.25, 0.3) is 5.69 Å². The van der Waals surface area contributed by atoms with Crippen molar-refractivity contribution in [3.8, 4) is 5.69 Å². The third-order valence-corrected chi connectivity index (χ3v) is 4.82. The summed E-state index contributed by atoms with van der Waals surface area (Å²) in [6.45, 7) is 6.71. The van der Waals surface area contributed by atoms with Crippen molar-refractivity contribution in [2.75, 3.05) is 37.0 Å². The zero-order valence-electron chi connectivity index (χ0n) is 14.1. The number of hydrogen-bond donors (Lipinski definition) is 0. The highest BCUT2D eigenvalue weighted by Gasteiger charge is 2.21. The molecule has 24 heavy (non-hydrogen) atoms. The molecule has 1 aromatic heterocycles. The Morgan fingerprint density at radius 3 is 2.58 bits per heavy atom. The molecule has 1 saturated heterocycles. The number of thioether (sulfide) groups is 1. The minimum absolute atomic E-state index is 0.192. The van der Waals surface area contributed by atoms with E-state index in [0.29, 0.717) is 25.4 Å². The molecular formula is C17H22N4O2S. The number of anilines is 1. The Morgan fingerprint density at radius 2 is 1.92 bits per heavy atom. The molecule has 0 saturated carbocycles. The van der Waals surface area contributed by atoms with E-state index in [-0.39, 0.29) is 5.78 Å². The van der Waals surface area contributed by atoms with Gasteiger partial charge in [-0.3, -0.25) is 9.36 Å². The molecule has 2 aromatic rings. The summed E-state index contributed by atoms with van der Waals surface area (Å²) < 4.78 is 7.52.